The molecule has 1 atom stereocenters. The minimum Gasteiger partial charge on any atom is -0.493 e. The van der Waals surface area contributed by atoms with Crippen LogP contribution in [-0.4, -0.2) is 52.0 Å². The topological polar surface area (TPSA) is 98.6 Å². The number of amides is 2. The molecule has 1 fully saturated rings. The van der Waals surface area contributed by atoms with Crippen molar-refractivity contribution in [2.75, 3.05) is 14.2 Å². The summed E-state index contributed by atoms with van der Waals surface area (Å²) in [5.41, 5.74) is 2.02. The van der Waals surface area contributed by atoms with Crippen molar-refractivity contribution in [3.63, 3.8) is 0 Å². The minimum atomic E-state index is -0.940. The molecule has 0 spiro atoms. The summed E-state index contributed by atoms with van der Waals surface area (Å²) >= 11 is 1.54. The van der Waals surface area contributed by atoms with Crippen molar-refractivity contribution in [2.24, 2.45) is 0 Å². The molecule has 0 bridgehead atoms. The monoisotopic (exact) mass is 533 g/mol. The number of para-hydroxylation sites is 2. The average Bonchev–Trinajstić information content (AvgIpc) is 3.71. The normalized spacial score (nSPS) is 14.4. The number of nitrogens with one attached hydrogen (secondary N) is 1. The van der Waals surface area contributed by atoms with Gasteiger partial charge >= 0.3 is 0 Å². The van der Waals surface area contributed by atoms with Gasteiger partial charge in [-0.05, 0) is 42.5 Å². The van der Waals surface area contributed by atoms with Crippen molar-refractivity contribution in [1.82, 2.24) is 25.2 Å². The van der Waals surface area contributed by atoms with Crippen LogP contribution in [0.25, 0.3) is 11.0 Å². The van der Waals surface area contributed by atoms with Crippen LogP contribution < -0.4 is 14.8 Å². The third-order valence-corrected chi connectivity index (χ3v) is 7.78. The predicted molar refractivity (Wildman–Crippen MR) is 145 cm³/mol. The molecule has 4 aromatic rings. The minimum absolute atomic E-state index is 0.0641. The molecule has 2 aromatic carbocycles. The fraction of sp³-hybridized carbons (Fsp3) is 0.357. The molecule has 10 heteroatoms. The van der Waals surface area contributed by atoms with E-state index in [1.54, 1.807) is 29.9 Å². The number of aromatic nitrogens is 3. The predicted octanol–water partition coefficient (Wildman–Crippen LogP) is 4.34. The first kappa shape index (κ1) is 25.7. The van der Waals surface area contributed by atoms with E-state index in [1.165, 1.54) is 11.3 Å². The van der Waals surface area contributed by atoms with Gasteiger partial charge in [0.25, 0.3) is 0 Å². The van der Waals surface area contributed by atoms with Crippen molar-refractivity contribution >= 4 is 34.2 Å². The van der Waals surface area contributed by atoms with Crippen LogP contribution in [0.4, 0.5) is 0 Å². The van der Waals surface area contributed by atoms with Crippen LogP contribution in [0.1, 0.15) is 42.2 Å². The Balaban J connectivity index is 1.57. The van der Waals surface area contributed by atoms with Gasteiger partial charge in [-0.3, -0.25) is 9.59 Å². The third-order valence-electron chi connectivity index (χ3n) is 6.92. The zero-order valence-corrected chi connectivity index (χ0v) is 22.3. The number of methoxy groups -OCH3 is 2. The lowest BCUT2D eigenvalue weighted by Crippen LogP contribution is -2.46. The molecule has 1 aliphatic carbocycles. The number of carbonyl (C=O) groups excluding carboxylic acids is 2. The number of ether oxygens (including phenoxy) is 2. The maximum Gasteiger partial charge on any atom is 0.247 e. The Morgan fingerprint density at radius 1 is 1.08 bits per heavy atom. The molecule has 2 amide bonds. The second-order valence-electron chi connectivity index (χ2n) is 9.31. The number of thiophene rings is 1. The van der Waals surface area contributed by atoms with Gasteiger partial charge in [0.05, 0.1) is 26.3 Å². The zero-order valence-electron chi connectivity index (χ0n) is 21.5. The Labute approximate surface area is 225 Å². The Morgan fingerprint density at radius 2 is 1.89 bits per heavy atom. The first-order valence-electron chi connectivity index (χ1n) is 12.7. The van der Waals surface area contributed by atoms with Gasteiger partial charge in [-0.2, -0.15) is 0 Å². The quantitative estimate of drug-likeness (QED) is 0.326. The van der Waals surface area contributed by atoms with Gasteiger partial charge in [-0.1, -0.05) is 48.4 Å². The lowest BCUT2D eigenvalue weighted by Gasteiger charge is -2.33. The second-order valence-corrected chi connectivity index (χ2v) is 10.3. The van der Waals surface area contributed by atoms with Gasteiger partial charge in [0.15, 0.2) is 11.5 Å². The highest BCUT2D eigenvalue weighted by atomic mass is 32.1. The average molecular weight is 534 g/mol. The van der Waals surface area contributed by atoms with E-state index in [0.29, 0.717) is 22.6 Å². The Kier molecular flexibility index (Phi) is 7.88. The van der Waals surface area contributed by atoms with Crippen LogP contribution in [0.3, 0.4) is 0 Å². The van der Waals surface area contributed by atoms with Crippen LogP contribution in [0, 0.1) is 0 Å². The van der Waals surface area contributed by atoms with Crippen LogP contribution >= 0.6 is 11.3 Å². The van der Waals surface area contributed by atoms with E-state index in [9.17, 15) is 9.59 Å². The van der Waals surface area contributed by atoms with Crippen molar-refractivity contribution in [3.05, 3.63) is 70.4 Å². The molecule has 1 unspecified atom stereocenters. The number of hydrogen-bond acceptors (Lipinski definition) is 7. The summed E-state index contributed by atoms with van der Waals surface area (Å²) < 4.78 is 12.8. The molecule has 0 saturated heterocycles. The third kappa shape index (κ3) is 5.35. The maximum absolute atomic E-state index is 14.1. The molecule has 1 saturated carbocycles. The van der Waals surface area contributed by atoms with Crippen LogP contribution in [0.5, 0.6) is 11.5 Å². The van der Waals surface area contributed by atoms with Crippen LogP contribution in [0.2, 0.25) is 0 Å². The molecule has 198 valence electrons. The Bertz CT molecular complexity index is 1400. The van der Waals surface area contributed by atoms with Crippen molar-refractivity contribution in [3.8, 4) is 11.5 Å². The molecule has 38 heavy (non-hydrogen) atoms. The summed E-state index contributed by atoms with van der Waals surface area (Å²) in [6, 6.07) is 15.9. The van der Waals surface area contributed by atoms with Gasteiger partial charge in [-0.15, -0.1) is 16.4 Å². The van der Waals surface area contributed by atoms with E-state index in [0.717, 1.165) is 36.1 Å². The second kappa shape index (κ2) is 11.6. The van der Waals surface area contributed by atoms with Crippen LogP contribution in [0.15, 0.2) is 60.0 Å². The maximum atomic E-state index is 14.1. The number of rotatable bonds is 10. The molecule has 2 aromatic heterocycles. The van der Waals surface area contributed by atoms with Crippen molar-refractivity contribution < 1.29 is 19.1 Å². The molecule has 5 rings (SSSR count). The van der Waals surface area contributed by atoms with E-state index < -0.39 is 6.04 Å². The molecule has 1 aliphatic rings. The fourth-order valence-electron chi connectivity index (χ4n) is 5.08. The largest absolute Gasteiger partial charge is 0.493 e. The molecule has 0 aliphatic heterocycles. The zero-order chi connectivity index (χ0) is 26.5. The molecular formula is C28H31N5O4S. The van der Waals surface area contributed by atoms with Gasteiger partial charge < -0.3 is 19.7 Å². The van der Waals surface area contributed by atoms with E-state index >= 15 is 0 Å². The first-order chi connectivity index (χ1) is 18.6. The van der Waals surface area contributed by atoms with Crippen molar-refractivity contribution in [2.45, 2.75) is 50.9 Å². The number of hydrogen-bond donors (Lipinski definition) is 1. The van der Waals surface area contributed by atoms with Gasteiger partial charge in [-0.25, -0.2) is 4.68 Å². The van der Waals surface area contributed by atoms with Gasteiger partial charge in [0, 0.05) is 16.5 Å². The van der Waals surface area contributed by atoms with E-state index in [2.05, 4.69) is 15.6 Å². The van der Waals surface area contributed by atoms with Gasteiger partial charge in [0.2, 0.25) is 11.8 Å². The molecule has 1 N–H and O–H groups in total. The number of fused-ring (bicyclic) bond motifs is 1. The summed E-state index contributed by atoms with van der Waals surface area (Å²) in [6.07, 6.45) is 4.01. The standard InChI is InChI=1S/C28H31N5O4S/c1-36-24-15-7-12-21(27(24)37-2)26(28(35)29-19-9-3-4-10-19)32(17-20-11-8-16-38-20)25(34)18-33-23-14-6-5-13-22(23)30-31-33/h5-8,11-16,19,26H,3-4,9-10,17-18H2,1-2H3,(H,29,35). The highest BCUT2D eigenvalue weighted by molar-refractivity contribution is 7.09. The van der Waals surface area contributed by atoms with E-state index in [-0.39, 0.29) is 30.9 Å². The van der Waals surface area contributed by atoms with Gasteiger partial charge in [0.1, 0.15) is 18.1 Å². The number of nitrogens with zero attached hydrogens (tertiary/aromatic N) is 4. The highest BCUT2D eigenvalue weighted by Gasteiger charge is 2.36. The summed E-state index contributed by atoms with van der Waals surface area (Å²) in [5, 5.41) is 13.6. The Morgan fingerprint density at radius 3 is 2.63 bits per heavy atom. The first-order valence-corrected chi connectivity index (χ1v) is 13.6. The van der Waals surface area contributed by atoms with E-state index in [1.807, 2.05) is 53.9 Å². The molecule has 2 heterocycles. The summed E-state index contributed by atoms with van der Waals surface area (Å²) in [4.78, 5) is 30.7. The fourth-order valence-corrected chi connectivity index (χ4v) is 5.78. The summed E-state index contributed by atoms with van der Waals surface area (Å²) in [6.45, 7) is 0.192. The number of benzene rings is 2. The molecule has 9 nitrogen and oxygen atoms in total. The smallest absolute Gasteiger partial charge is 0.247 e. The summed E-state index contributed by atoms with van der Waals surface area (Å²) in [7, 11) is 3.10. The lowest BCUT2D eigenvalue weighted by molar-refractivity contribution is -0.142. The van der Waals surface area contributed by atoms with Crippen molar-refractivity contribution in [1.29, 1.82) is 0 Å². The lowest BCUT2D eigenvalue weighted by atomic mass is 10.0. The SMILES string of the molecule is COc1cccc(C(C(=O)NC2CCCC2)N(Cc2cccs2)C(=O)Cn2nnc3ccccc32)c1OC. The Hall–Kier alpha value is -3.92. The van der Waals surface area contributed by atoms with Crippen LogP contribution in [-0.2, 0) is 22.7 Å². The molecule has 0 radical (unpaired) electrons. The molecular weight excluding hydrogens is 502 g/mol. The number of carbonyl (C=O) groups is 2. The summed E-state index contributed by atoms with van der Waals surface area (Å²) in [5.74, 6) is 0.425. The highest BCUT2D eigenvalue weighted by Crippen LogP contribution is 2.38. The van der Waals surface area contributed by atoms with E-state index in [4.69, 9.17) is 9.47 Å².